The third-order valence-electron chi connectivity index (χ3n) is 3.91. The first-order valence-electron chi connectivity index (χ1n) is 7.57. The number of hydrogen-bond acceptors (Lipinski definition) is 5. The highest BCUT2D eigenvalue weighted by Crippen LogP contribution is 2.33. The lowest BCUT2D eigenvalue weighted by Crippen LogP contribution is -2.29. The molecule has 126 valence electrons. The maximum absolute atomic E-state index is 12.4. The standard InChI is InChI=1S/C17H19N3O2S2/c1-10-16(11(2)20(3)19-10)17(22)18-9-12(21)13-6-7-15(24-13)14-5-4-8-23-14/h4-8,12,21H,9H2,1-3H3,(H,18,22). The zero-order valence-corrected chi connectivity index (χ0v) is 15.4. The maximum atomic E-state index is 12.4. The fraction of sp³-hybridized carbons (Fsp3) is 0.294. The number of carbonyl (C=O) groups is 1. The second-order valence-electron chi connectivity index (χ2n) is 5.57. The molecule has 0 bridgehead atoms. The fourth-order valence-electron chi connectivity index (χ4n) is 2.56. The minimum absolute atomic E-state index is 0.178. The molecule has 0 aliphatic rings. The van der Waals surface area contributed by atoms with Crippen molar-refractivity contribution in [1.82, 2.24) is 15.1 Å². The SMILES string of the molecule is Cc1nn(C)c(C)c1C(=O)NCC(O)c1ccc(-c2cccs2)s1. The highest BCUT2D eigenvalue weighted by atomic mass is 32.1. The van der Waals surface area contributed by atoms with Gasteiger partial charge >= 0.3 is 0 Å². The van der Waals surface area contributed by atoms with Crippen LogP contribution in [-0.2, 0) is 7.05 Å². The van der Waals surface area contributed by atoms with Crippen LogP contribution in [0.1, 0.15) is 32.7 Å². The summed E-state index contributed by atoms with van der Waals surface area (Å²) in [5, 5.41) is 19.4. The van der Waals surface area contributed by atoms with E-state index in [1.807, 2.05) is 44.5 Å². The van der Waals surface area contributed by atoms with Crippen LogP contribution in [0.4, 0.5) is 0 Å². The number of aryl methyl sites for hydroxylation is 2. The van der Waals surface area contributed by atoms with E-state index in [4.69, 9.17) is 0 Å². The van der Waals surface area contributed by atoms with Gasteiger partial charge in [-0.15, -0.1) is 22.7 Å². The van der Waals surface area contributed by atoms with Gasteiger partial charge in [0.2, 0.25) is 0 Å². The van der Waals surface area contributed by atoms with Gasteiger partial charge in [0.1, 0.15) is 6.10 Å². The molecule has 0 spiro atoms. The average Bonchev–Trinajstić information content (AvgIpc) is 3.26. The average molecular weight is 361 g/mol. The van der Waals surface area contributed by atoms with E-state index in [2.05, 4.69) is 16.5 Å². The molecule has 7 heteroatoms. The van der Waals surface area contributed by atoms with E-state index in [0.29, 0.717) is 11.3 Å². The second-order valence-corrected chi connectivity index (χ2v) is 7.64. The lowest BCUT2D eigenvalue weighted by Gasteiger charge is -2.10. The van der Waals surface area contributed by atoms with Gasteiger partial charge in [0.05, 0.1) is 11.3 Å². The summed E-state index contributed by atoms with van der Waals surface area (Å²) in [6, 6.07) is 7.99. The van der Waals surface area contributed by atoms with Gasteiger partial charge in [0.25, 0.3) is 5.91 Å². The van der Waals surface area contributed by atoms with Gasteiger partial charge in [0.15, 0.2) is 0 Å². The van der Waals surface area contributed by atoms with Crippen molar-refractivity contribution in [3.63, 3.8) is 0 Å². The summed E-state index contributed by atoms with van der Waals surface area (Å²) in [7, 11) is 1.81. The molecule has 0 aliphatic heterocycles. The highest BCUT2D eigenvalue weighted by molar-refractivity contribution is 7.21. The molecule has 1 atom stereocenters. The Morgan fingerprint density at radius 1 is 1.33 bits per heavy atom. The smallest absolute Gasteiger partial charge is 0.255 e. The Morgan fingerprint density at radius 3 is 2.75 bits per heavy atom. The molecule has 3 rings (SSSR count). The lowest BCUT2D eigenvalue weighted by molar-refractivity contribution is 0.0916. The Kier molecular flexibility index (Phi) is 4.84. The molecular weight excluding hydrogens is 342 g/mol. The zero-order valence-electron chi connectivity index (χ0n) is 13.7. The van der Waals surface area contributed by atoms with Gasteiger partial charge in [-0.05, 0) is 37.4 Å². The van der Waals surface area contributed by atoms with Gasteiger partial charge in [-0.3, -0.25) is 9.48 Å². The van der Waals surface area contributed by atoms with Crippen LogP contribution in [0.15, 0.2) is 29.6 Å². The van der Waals surface area contributed by atoms with Gasteiger partial charge < -0.3 is 10.4 Å². The van der Waals surface area contributed by atoms with Crippen molar-refractivity contribution in [2.24, 2.45) is 7.05 Å². The predicted molar refractivity (Wildman–Crippen MR) is 97.6 cm³/mol. The van der Waals surface area contributed by atoms with Crippen molar-refractivity contribution in [3.05, 3.63) is 51.5 Å². The summed E-state index contributed by atoms with van der Waals surface area (Å²) < 4.78 is 1.69. The molecule has 3 aromatic heterocycles. The summed E-state index contributed by atoms with van der Waals surface area (Å²) in [5.41, 5.74) is 2.09. The lowest BCUT2D eigenvalue weighted by atomic mass is 10.2. The van der Waals surface area contributed by atoms with E-state index in [-0.39, 0.29) is 12.5 Å². The quantitative estimate of drug-likeness (QED) is 0.733. The van der Waals surface area contributed by atoms with Crippen LogP contribution in [0.25, 0.3) is 9.75 Å². The number of carbonyl (C=O) groups excluding carboxylic acids is 1. The molecule has 1 amide bonds. The van der Waals surface area contributed by atoms with E-state index in [1.165, 1.54) is 4.88 Å². The molecule has 0 aromatic carbocycles. The number of hydrogen-bond donors (Lipinski definition) is 2. The van der Waals surface area contributed by atoms with Crippen molar-refractivity contribution in [3.8, 4) is 9.75 Å². The summed E-state index contributed by atoms with van der Waals surface area (Å²) in [4.78, 5) is 15.5. The van der Waals surface area contributed by atoms with E-state index >= 15 is 0 Å². The van der Waals surface area contributed by atoms with Crippen LogP contribution in [0.3, 0.4) is 0 Å². The fourth-order valence-corrected chi connectivity index (χ4v) is 4.39. The van der Waals surface area contributed by atoms with Crippen LogP contribution < -0.4 is 5.32 Å². The van der Waals surface area contributed by atoms with Crippen LogP contribution in [0.2, 0.25) is 0 Å². The molecule has 3 aromatic rings. The number of aromatic nitrogens is 2. The Balaban J connectivity index is 1.65. The number of aliphatic hydroxyl groups excluding tert-OH is 1. The van der Waals surface area contributed by atoms with Crippen molar-refractivity contribution < 1.29 is 9.90 Å². The predicted octanol–water partition coefficient (Wildman–Crippen LogP) is 3.29. The number of nitrogens with zero attached hydrogens (tertiary/aromatic N) is 2. The highest BCUT2D eigenvalue weighted by Gasteiger charge is 2.19. The van der Waals surface area contributed by atoms with E-state index < -0.39 is 6.10 Å². The first-order valence-corrected chi connectivity index (χ1v) is 9.27. The normalized spacial score (nSPS) is 12.3. The Morgan fingerprint density at radius 2 is 2.12 bits per heavy atom. The number of rotatable bonds is 5. The molecule has 3 heterocycles. The first kappa shape index (κ1) is 16.9. The van der Waals surface area contributed by atoms with Crippen molar-refractivity contribution in [2.45, 2.75) is 20.0 Å². The van der Waals surface area contributed by atoms with Crippen molar-refractivity contribution >= 4 is 28.6 Å². The number of thiophene rings is 2. The summed E-state index contributed by atoms with van der Waals surface area (Å²) in [6.45, 7) is 3.85. The van der Waals surface area contributed by atoms with Crippen LogP contribution >= 0.6 is 22.7 Å². The van der Waals surface area contributed by atoms with Gasteiger partial charge in [-0.2, -0.15) is 5.10 Å². The molecule has 24 heavy (non-hydrogen) atoms. The summed E-state index contributed by atoms with van der Waals surface area (Å²) in [6.07, 6.45) is -0.718. The van der Waals surface area contributed by atoms with Gasteiger partial charge in [-0.25, -0.2) is 0 Å². The van der Waals surface area contributed by atoms with Crippen LogP contribution in [-0.4, -0.2) is 27.3 Å². The molecular formula is C17H19N3O2S2. The molecule has 0 saturated heterocycles. The monoisotopic (exact) mass is 361 g/mol. The van der Waals surface area contributed by atoms with Gasteiger partial charge in [0, 0.05) is 33.9 Å². The molecule has 0 radical (unpaired) electrons. The van der Waals surface area contributed by atoms with Crippen molar-refractivity contribution in [2.75, 3.05) is 6.54 Å². The molecule has 1 unspecified atom stereocenters. The van der Waals surface area contributed by atoms with Crippen LogP contribution in [0, 0.1) is 13.8 Å². The third-order valence-corrected chi connectivity index (χ3v) is 6.16. The minimum atomic E-state index is -0.718. The Bertz CT molecular complexity index is 849. The number of nitrogens with one attached hydrogen (secondary N) is 1. The van der Waals surface area contributed by atoms with E-state index in [0.717, 1.165) is 15.4 Å². The minimum Gasteiger partial charge on any atom is -0.386 e. The topological polar surface area (TPSA) is 67.2 Å². The summed E-state index contributed by atoms with van der Waals surface area (Å²) >= 11 is 3.22. The number of aliphatic hydroxyl groups is 1. The molecule has 0 saturated carbocycles. The van der Waals surface area contributed by atoms with E-state index in [9.17, 15) is 9.90 Å². The molecule has 2 N–H and O–H groups in total. The van der Waals surface area contributed by atoms with E-state index in [1.54, 1.807) is 27.4 Å². The maximum Gasteiger partial charge on any atom is 0.255 e. The summed E-state index contributed by atoms with van der Waals surface area (Å²) in [5.74, 6) is -0.202. The Labute approximate surface area is 148 Å². The van der Waals surface area contributed by atoms with Crippen molar-refractivity contribution in [1.29, 1.82) is 0 Å². The number of amides is 1. The van der Waals surface area contributed by atoms with Gasteiger partial charge in [-0.1, -0.05) is 6.07 Å². The second kappa shape index (κ2) is 6.88. The molecule has 5 nitrogen and oxygen atoms in total. The van der Waals surface area contributed by atoms with Crippen LogP contribution in [0.5, 0.6) is 0 Å². The third kappa shape index (κ3) is 3.28. The Hall–Kier alpha value is -1.96. The zero-order chi connectivity index (χ0) is 17.3. The molecule has 0 aliphatic carbocycles. The largest absolute Gasteiger partial charge is 0.386 e. The first-order chi connectivity index (χ1) is 11.5. The molecule has 0 fully saturated rings.